The summed E-state index contributed by atoms with van der Waals surface area (Å²) >= 11 is 0. The number of para-hydroxylation sites is 2. The fourth-order valence-electron chi connectivity index (χ4n) is 3.39. The number of hydrogen-bond acceptors (Lipinski definition) is 5. The van der Waals surface area contributed by atoms with Crippen molar-refractivity contribution < 1.29 is 9.53 Å². The lowest BCUT2D eigenvalue weighted by Gasteiger charge is -2.30. The first-order valence-corrected chi connectivity index (χ1v) is 9.57. The zero-order valence-corrected chi connectivity index (χ0v) is 16.0. The van der Waals surface area contributed by atoms with Crippen LogP contribution < -0.4 is 10.6 Å². The summed E-state index contributed by atoms with van der Waals surface area (Å²) in [6.45, 7) is 1.79. The van der Waals surface area contributed by atoms with E-state index in [0.717, 1.165) is 22.4 Å². The number of rotatable bonds is 5. The molecule has 3 heterocycles. The van der Waals surface area contributed by atoms with Gasteiger partial charge in [0.1, 0.15) is 12.1 Å². The normalized spacial score (nSPS) is 15.6. The van der Waals surface area contributed by atoms with Crippen molar-refractivity contribution in [3.8, 4) is 11.9 Å². The van der Waals surface area contributed by atoms with Crippen LogP contribution >= 0.6 is 0 Å². The third-order valence-electron chi connectivity index (χ3n) is 5.24. The van der Waals surface area contributed by atoms with Gasteiger partial charge in [0, 0.05) is 32.5 Å². The summed E-state index contributed by atoms with van der Waals surface area (Å²) in [5, 5.41) is 15.1. The molecular weight excluding hydrogens is 368 g/mol. The van der Waals surface area contributed by atoms with Gasteiger partial charge in [-0.1, -0.05) is 18.2 Å². The first-order valence-electron chi connectivity index (χ1n) is 9.57. The van der Waals surface area contributed by atoms with E-state index in [-0.39, 0.29) is 6.03 Å². The van der Waals surface area contributed by atoms with Crippen LogP contribution in [0.15, 0.2) is 48.9 Å². The molecule has 1 saturated heterocycles. The predicted octanol–water partition coefficient (Wildman–Crippen LogP) is 2.54. The predicted molar refractivity (Wildman–Crippen MR) is 107 cm³/mol. The maximum absolute atomic E-state index is 12.1. The highest BCUT2D eigenvalue weighted by Gasteiger charge is 2.33. The molecule has 0 saturated carbocycles. The van der Waals surface area contributed by atoms with Gasteiger partial charge in [-0.25, -0.2) is 14.8 Å². The molecule has 2 N–H and O–H groups in total. The van der Waals surface area contributed by atoms with Crippen molar-refractivity contribution in [2.75, 3.05) is 19.8 Å². The average molecular weight is 390 g/mol. The molecule has 1 fully saturated rings. The number of amides is 2. The Morgan fingerprint density at radius 3 is 2.76 bits per heavy atom. The number of nitriles is 1. The number of fused-ring (bicyclic) bond motifs is 1. The second kappa shape index (κ2) is 8.29. The van der Waals surface area contributed by atoms with E-state index in [9.17, 15) is 10.1 Å². The molecule has 8 nitrogen and oxygen atoms in total. The molecule has 8 heteroatoms. The molecule has 0 unspecified atom stereocenters. The minimum absolute atomic E-state index is 0.296. The van der Waals surface area contributed by atoms with Crippen molar-refractivity contribution in [1.29, 1.82) is 5.26 Å². The first kappa shape index (κ1) is 18.9. The van der Waals surface area contributed by atoms with Gasteiger partial charge in [-0.2, -0.15) is 5.26 Å². The monoisotopic (exact) mass is 390 g/mol. The fourth-order valence-corrected chi connectivity index (χ4v) is 3.39. The number of urea groups is 1. The molecule has 1 aliphatic heterocycles. The van der Waals surface area contributed by atoms with Gasteiger partial charge in [0.2, 0.25) is 0 Å². The Morgan fingerprint density at radius 2 is 2.00 bits per heavy atom. The van der Waals surface area contributed by atoms with Crippen LogP contribution in [0.25, 0.3) is 16.9 Å². The molecule has 3 aromatic rings. The second-order valence-electron chi connectivity index (χ2n) is 7.17. The van der Waals surface area contributed by atoms with Crippen LogP contribution in [-0.2, 0) is 11.3 Å². The fraction of sp³-hybridized carbons (Fsp3) is 0.333. The molecule has 0 spiro atoms. The van der Waals surface area contributed by atoms with Crippen LogP contribution in [0.3, 0.4) is 0 Å². The topological polar surface area (TPSA) is 105 Å². The van der Waals surface area contributed by atoms with Crippen molar-refractivity contribution in [2.45, 2.75) is 19.4 Å². The molecule has 148 valence electrons. The lowest BCUT2D eigenvalue weighted by Crippen LogP contribution is -2.44. The van der Waals surface area contributed by atoms with Crippen LogP contribution in [-0.4, -0.2) is 40.3 Å². The molecule has 1 aliphatic rings. The van der Waals surface area contributed by atoms with Gasteiger partial charge in [0.05, 0.1) is 22.5 Å². The summed E-state index contributed by atoms with van der Waals surface area (Å²) in [7, 11) is 0. The highest BCUT2D eigenvalue weighted by atomic mass is 16.5. The van der Waals surface area contributed by atoms with Gasteiger partial charge in [-0.15, -0.1) is 0 Å². The maximum Gasteiger partial charge on any atom is 0.315 e. The van der Waals surface area contributed by atoms with Gasteiger partial charge >= 0.3 is 6.03 Å². The molecule has 1 aromatic carbocycles. The van der Waals surface area contributed by atoms with E-state index in [4.69, 9.17) is 4.74 Å². The van der Waals surface area contributed by atoms with Crippen LogP contribution in [0.2, 0.25) is 0 Å². The van der Waals surface area contributed by atoms with E-state index in [1.165, 1.54) is 0 Å². The highest BCUT2D eigenvalue weighted by Crippen LogP contribution is 2.28. The van der Waals surface area contributed by atoms with Crippen molar-refractivity contribution in [1.82, 2.24) is 25.2 Å². The largest absolute Gasteiger partial charge is 0.381 e. The number of ether oxygens (including phenoxy) is 1. The number of nitrogens with one attached hydrogen (secondary N) is 2. The number of aromatic nitrogens is 3. The van der Waals surface area contributed by atoms with Crippen LogP contribution in [0.4, 0.5) is 4.79 Å². The molecule has 0 atom stereocenters. The number of imidazole rings is 1. The van der Waals surface area contributed by atoms with Gasteiger partial charge < -0.3 is 15.4 Å². The van der Waals surface area contributed by atoms with Gasteiger partial charge in [0.25, 0.3) is 0 Å². The lowest BCUT2D eigenvalue weighted by atomic mass is 9.82. The number of hydrogen-bond donors (Lipinski definition) is 2. The summed E-state index contributed by atoms with van der Waals surface area (Å²) in [4.78, 5) is 21.0. The second-order valence-corrected chi connectivity index (χ2v) is 7.17. The van der Waals surface area contributed by atoms with Crippen LogP contribution in [0.5, 0.6) is 0 Å². The molecule has 2 aromatic heterocycles. The van der Waals surface area contributed by atoms with Gasteiger partial charge in [0.15, 0.2) is 0 Å². The minimum atomic E-state index is -0.535. The summed E-state index contributed by atoms with van der Waals surface area (Å²) in [6, 6.07) is 13.7. The van der Waals surface area contributed by atoms with E-state index in [1.54, 1.807) is 12.5 Å². The Hall–Kier alpha value is -3.44. The zero-order valence-electron chi connectivity index (χ0n) is 16.0. The zero-order chi connectivity index (χ0) is 20.1. The van der Waals surface area contributed by atoms with E-state index >= 15 is 0 Å². The van der Waals surface area contributed by atoms with E-state index < -0.39 is 5.41 Å². The quantitative estimate of drug-likeness (QED) is 0.697. The molecule has 2 amide bonds. The summed E-state index contributed by atoms with van der Waals surface area (Å²) in [5.41, 5.74) is 2.25. The van der Waals surface area contributed by atoms with Gasteiger partial charge in [-0.05, 0) is 36.6 Å². The molecule has 0 aliphatic carbocycles. The smallest absolute Gasteiger partial charge is 0.315 e. The van der Waals surface area contributed by atoms with Crippen molar-refractivity contribution in [3.63, 3.8) is 0 Å². The SMILES string of the molecule is N#CC1(CNC(=O)NCc2ccc(-n3cnc4ccccc43)nc2)CCOCC1. The number of pyridine rings is 1. The Bertz CT molecular complexity index is 1030. The molecule has 0 radical (unpaired) electrons. The van der Waals surface area contributed by atoms with E-state index in [1.807, 2.05) is 41.0 Å². The Labute approximate surface area is 168 Å². The number of nitrogens with zero attached hydrogens (tertiary/aromatic N) is 4. The van der Waals surface area contributed by atoms with Crippen molar-refractivity contribution in [3.05, 3.63) is 54.5 Å². The molecular formula is C21H22N6O2. The number of carbonyl (C=O) groups excluding carboxylic acids is 1. The highest BCUT2D eigenvalue weighted by molar-refractivity contribution is 5.76. The average Bonchev–Trinajstić information content (AvgIpc) is 3.21. The Balaban J connectivity index is 1.32. The van der Waals surface area contributed by atoms with Gasteiger partial charge in [-0.3, -0.25) is 4.57 Å². The number of benzene rings is 1. The lowest BCUT2D eigenvalue weighted by molar-refractivity contribution is 0.0415. The summed E-state index contributed by atoms with van der Waals surface area (Å²) in [5.74, 6) is 0.766. The standard InChI is InChI=1S/C21H22N6O2/c22-13-21(7-9-29-10-8-21)14-25-20(28)24-12-16-5-6-19(23-11-16)27-15-26-17-3-1-2-4-18(17)27/h1-6,11,15H,7-10,12,14H2,(H2,24,25,28). The third-order valence-corrected chi connectivity index (χ3v) is 5.24. The molecule has 4 rings (SSSR count). The van der Waals surface area contributed by atoms with Crippen LogP contribution in [0, 0.1) is 16.7 Å². The first-order chi connectivity index (χ1) is 14.2. The summed E-state index contributed by atoms with van der Waals surface area (Å²) in [6.07, 6.45) is 4.76. The maximum atomic E-state index is 12.1. The summed E-state index contributed by atoms with van der Waals surface area (Å²) < 4.78 is 7.23. The minimum Gasteiger partial charge on any atom is -0.381 e. The number of carbonyl (C=O) groups is 1. The van der Waals surface area contributed by atoms with E-state index in [0.29, 0.717) is 39.1 Å². The molecule has 29 heavy (non-hydrogen) atoms. The van der Waals surface area contributed by atoms with Crippen molar-refractivity contribution in [2.24, 2.45) is 5.41 Å². The molecule has 0 bridgehead atoms. The third kappa shape index (κ3) is 4.20. The Kier molecular flexibility index (Phi) is 5.40. The van der Waals surface area contributed by atoms with E-state index in [2.05, 4.69) is 26.7 Å². The van der Waals surface area contributed by atoms with Crippen LogP contribution in [0.1, 0.15) is 18.4 Å². The van der Waals surface area contributed by atoms with Crippen molar-refractivity contribution >= 4 is 17.1 Å². The Morgan fingerprint density at radius 1 is 1.17 bits per heavy atom.